The van der Waals surface area contributed by atoms with Crippen molar-refractivity contribution >= 4 is 56.3 Å². The van der Waals surface area contributed by atoms with Crippen LogP contribution in [-0.4, -0.2) is 46.9 Å². The molecule has 0 bridgehead atoms. The molecule has 1 heterocycles. The number of allylic oxidation sites excluding steroid dienone is 1. The highest BCUT2D eigenvalue weighted by Gasteiger charge is 2.14. The van der Waals surface area contributed by atoms with Gasteiger partial charge in [-0.2, -0.15) is 5.10 Å². The van der Waals surface area contributed by atoms with E-state index in [-0.39, 0.29) is 11.7 Å². The third-order valence-electron chi connectivity index (χ3n) is 5.56. The van der Waals surface area contributed by atoms with E-state index in [1.54, 1.807) is 32.4 Å². The highest BCUT2D eigenvalue weighted by atomic mass is 79.9. The Bertz CT molecular complexity index is 1470. The molecule has 0 aliphatic carbocycles. The fraction of sp³-hybridized carbons (Fsp3) is 0.185. The van der Waals surface area contributed by atoms with Crippen LogP contribution < -0.4 is 20.2 Å². The zero-order valence-corrected chi connectivity index (χ0v) is 23.4. The molecule has 38 heavy (non-hydrogen) atoms. The summed E-state index contributed by atoms with van der Waals surface area (Å²) in [6, 6.07) is 17.9. The van der Waals surface area contributed by atoms with Gasteiger partial charge in [0.1, 0.15) is 11.5 Å². The van der Waals surface area contributed by atoms with E-state index in [1.165, 1.54) is 18.0 Å². The van der Waals surface area contributed by atoms with Gasteiger partial charge in [0.05, 0.1) is 37.2 Å². The molecule has 4 aromatic rings. The summed E-state index contributed by atoms with van der Waals surface area (Å²) in [5.74, 6) is 1.79. The molecule has 0 spiro atoms. The number of methoxy groups -OCH3 is 2. The summed E-state index contributed by atoms with van der Waals surface area (Å²) in [6.45, 7) is 4.85. The summed E-state index contributed by atoms with van der Waals surface area (Å²) in [7, 11) is 3.13. The van der Waals surface area contributed by atoms with Gasteiger partial charge in [-0.15, -0.1) is 16.8 Å². The molecular weight excluding hydrogens is 568 g/mol. The van der Waals surface area contributed by atoms with E-state index in [2.05, 4.69) is 66.7 Å². The molecule has 0 aliphatic heterocycles. The highest BCUT2D eigenvalue weighted by Crippen LogP contribution is 2.32. The standard InChI is InChI=1S/C27H27BrN6O3S/c1-4-12-34-25(16-29-22-11-7-9-18-8-5-6-10-20(18)22)31-33-27(34)38-17-26(35)32-30-15-19-13-21(28)24(37-3)14-23(19)36-2/h4-11,13-15,29H,1,12,16-17H2,2-3H3,(H,32,35)/b30-15-. The van der Waals surface area contributed by atoms with Gasteiger partial charge in [0.25, 0.3) is 5.91 Å². The first-order valence-corrected chi connectivity index (χ1v) is 13.4. The van der Waals surface area contributed by atoms with Crippen LogP contribution in [0.3, 0.4) is 0 Å². The summed E-state index contributed by atoms with van der Waals surface area (Å²) in [5.41, 5.74) is 4.24. The molecular formula is C27H27BrN6O3S. The number of hydrogen-bond acceptors (Lipinski definition) is 8. The number of aromatic nitrogens is 3. The third kappa shape index (κ3) is 6.53. The van der Waals surface area contributed by atoms with Gasteiger partial charge in [-0.1, -0.05) is 54.2 Å². The summed E-state index contributed by atoms with van der Waals surface area (Å²) in [5, 5.41) is 19.1. The first-order valence-electron chi connectivity index (χ1n) is 11.6. The van der Waals surface area contributed by atoms with E-state index in [1.807, 2.05) is 28.8 Å². The van der Waals surface area contributed by atoms with Crippen LogP contribution in [-0.2, 0) is 17.9 Å². The summed E-state index contributed by atoms with van der Waals surface area (Å²) in [6.07, 6.45) is 3.29. The Hall–Kier alpha value is -3.83. The van der Waals surface area contributed by atoms with Gasteiger partial charge in [0, 0.05) is 29.2 Å². The second kappa shape index (κ2) is 13.1. The van der Waals surface area contributed by atoms with Gasteiger partial charge in [0.15, 0.2) is 11.0 Å². The second-order valence-electron chi connectivity index (χ2n) is 7.99. The van der Waals surface area contributed by atoms with Crippen LogP contribution in [0, 0.1) is 0 Å². The van der Waals surface area contributed by atoms with Crippen molar-refractivity contribution in [3.8, 4) is 11.5 Å². The minimum atomic E-state index is -0.277. The number of nitrogens with zero attached hydrogens (tertiary/aromatic N) is 4. The quantitative estimate of drug-likeness (QED) is 0.0999. The number of amides is 1. The van der Waals surface area contributed by atoms with E-state index in [4.69, 9.17) is 9.47 Å². The fourth-order valence-corrected chi connectivity index (χ4v) is 5.03. The van der Waals surface area contributed by atoms with Crippen molar-refractivity contribution in [2.45, 2.75) is 18.2 Å². The van der Waals surface area contributed by atoms with E-state index in [0.29, 0.717) is 35.3 Å². The van der Waals surface area contributed by atoms with Crippen molar-refractivity contribution in [3.63, 3.8) is 0 Å². The van der Waals surface area contributed by atoms with Crippen LogP contribution in [0.1, 0.15) is 11.4 Å². The topological polar surface area (TPSA) is 103 Å². The van der Waals surface area contributed by atoms with Crippen LogP contribution >= 0.6 is 27.7 Å². The lowest BCUT2D eigenvalue weighted by molar-refractivity contribution is -0.118. The molecule has 11 heteroatoms. The molecule has 0 unspecified atom stereocenters. The highest BCUT2D eigenvalue weighted by molar-refractivity contribution is 9.10. The monoisotopic (exact) mass is 594 g/mol. The molecule has 4 rings (SSSR count). The van der Waals surface area contributed by atoms with Crippen LogP contribution in [0.5, 0.6) is 11.5 Å². The smallest absolute Gasteiger partial charge is 0.250 e. The Kier molecular flexibility index (Phi) is 9.39. The first kappa shape index (κ1) is 27.2. The predicted octanol–water partition coefficient (Wildman–Crippen LogP) is 5.25. The average Bonchev–Trinajstić information content (AvgIpc) is 3.32. The van der Waals surface area contributed by atoms with Crippen molar-refractivity contribution in [1.82, 2.24) is 20.2 Å². The number of halogens is 1. The van der Waals surface area contributed by atoms with Gasteiger partial charge >= 0.3 is 0 Å². The Labute approximate surface area is 233 Å². The van der Waals surface area contributed by atoms with Crippen LogP contribution in [0.4, 0.5) is 5.69 Å². The lowest BCUT2D eigenvalue weighted by atomic mass is 10.1. The Morgan fingerprint density at radius 1 is 1.13 bits per heavy atom. The number of nitrogens with one attached hydrogen (secondary N) is 2. The van der Waals surface area contributed by atoms with Crippen LogP contribution in [0.25, 0.3) is 10.8 Å². The van der Waals surface area contributed by atoms with Crippen molar-refractivity contribution in [3.05, 3.63) is 83.1 Å². The predicted molar refractivity (Wildman–Crippen MR) is 155 cm³/mol. The molecule has 0 saturated carbocycles. The third-order valence-corrected chi connectivity index (χ3v) is 7.15. The number of fused-ring (bicyclic) bond motifs is 1. The van der Waals surface area contributed by atoms with Crippen LogP contribution in [0.2, 0.25) is 0 Å². The maximum Gasteiger partial charge on any atom is 0.250 e. The number of carbonyl (C=O) groups excluding carboxylic acids is 1. The number of benzene rings is 3. The molecule has 9 nitrogen and oxygen atoms in total. The molecule has 3 aromatic carbocycles. The zero-order valence-electron chi connectivity index (χ0n) is 21.0. The first-order chi connectivity index (χ1) is 18.5. The minimum absolute atomic E-state index is 0.118. The van der Waals surface area contributed by atoms with Crippen molar-refractivity contribution in [2.75, 3.05) is 25.3 Å². The van der Waals surface area contributed by atoms with Crippen LogP contribution in [0.15, 0.2) is 82.0 Å². The largest absolute Gasteiger partial charge is 0.496 e. The normalized spacial score (nSPS) is 11.0. The van der Waals surface area contributed by atoms with Gasteiger partial charge in [-0.3, -0.25) is 4.79 Å². The summed E-state index contributed by atoms with van der Waals surface area (Å²) in [4.78, 5) is 12.4. The molecule has 0 fully saturated rings. The van der Waals surface area contributed by atoms with Crippen molar-refractivity contribution in [2.24, 2.45) is 5.10 Å². The molecule has 0 saturated heterocycles. The number of hydrogen-bond donors (Lipinski definition) is 2. The zero-order chi connectivity index (χ0) is 26.9. The maximum absolute atomic E-state index is 12.4. The molecule has 1 aromatic heterocycles. The number of anilines is 1. The Balaban J connectivity index is 1.37. The minimum Gasteiger partial charge on any atom is -0.496 e. The fourth-order valence-electron chi connectivity index (χ4n) is 3.74. The number of carbonyl (C=O) groups is 1. The van der Waals surface area contributed by atoms with Gasteiger partial charge in [0.2, 0.25) is 0 Å². The van der Waals surface area contributed by atoms with Gasteiger partial charge < -0.3 is 19.4 Å². The number of rotatable bonds is 12. The Morgan fingerprint density at radius 3 is 2.71 bits per heavy atom. The summed E-state index contributed by atoms with van der Waals surface area (Å²) >= 11 is 4.72. The lowest BCUT2D eigenvalue weighted by Gasteiger charge is -2.11. The maximum atomic E-state index is 12.4. The SMILES string of the molecule is C=CCn1c(CNc2cccc3ccccc23)nnc1SCC(=O)N/N=C\c1cc(Br)c(OC)cc1OC. The van der Waals surface area contributed by atoms with Crippen molar-refractivity contribution in [1.29, 1.82) is 0 Å². The molecule has 0 aliphatic rings. The molecule has 196 valence electrons. The average molecular weight is 596 g/mol. The van der Waals surface area contributed by atoms with E-state index in [9.17, 15) is 4.79 Å². The molecule has 1 amide bonds. The molecule has 0 atom stereocenters. The van der Waals surface area contributed by atoms with Gasteiger partial charge in [-0.05, 0) is 33.4 Å². The lowest BCUT2D eigenvalue weighted by Crippen LogP contribution is -2.20. The number of hydrazone groups is 1. The van der Waals surface area contributed by atoms with E-state index >= 15 is 0 Å². The number of ether oxygens (including phenoxy) is 2. The summed E-state index contributed by atoms with van der Waals surface area (Å²) < 4.78 is 13.3. The second-order valence-corrected chi connectivity index (χ2v) is 9.79. The molecule has 0 radical (unpaired) electrons. The van der Waals surface area contributed by atoms with Gasteiger partial charge in [-0.25, -0.2) is 5.43 Å². The van der Waals surface area contributed by atoms with E-state index < -0.39 is 0 Å². The number of thioether (sulfide) groups is 1. The Morgan fingerprint density at radius 2 is 1.92 bits per heavy atom. The van der Waals surface area contributed by atoms with Crippen molar-refractivity contribution < 1.29 is 14.3 Å². The molecule has 2 N–H and O–H groups in total. The van der Waals surface area contributed by atoms with E-state index in [0.717, 1.165) is 26.8 Å².